The van der Waals surface area contributed by atoms with E-state index in [1.165, 1.54) is 12.1 Å². The lowest BCUT2D eigenvalue weighted by atomic mass is 9.85. The third kappa shape index (κ3) is 2.37. The number of rotatable bonds is 2. The second-order valence-electron chi connectivity index (χ2n) is 4.33. The first-order valence-corrected chi connectivity index (χ1v) is 5.79. The van der Waals surface area contributed by atoms with Crippen molar-refractivity contribution < 1.29 is 8.78 Å². The highest BCUT2D eigenvalue weighted by atomic mass is 35.5. The molecule has 0 aliphatic heterocycles. The maximum Gasteiger partial charge on any atom is 0.131 e. The fourth-order valence-corrected chi connectivity index (χ4v) is 1.99. The highest BCUT2D eigenvalue weighted by molar-refractivity contribution is 6.30. The molecule has 0 bridgehead atoms. The van der Waals surface area contributed by atoms with Gasteiger partial charge >= 0.3 is 0 Å². The van der Waals surface area contributed by atoms with Crippen LogP contribution in [0, 0.1) is 11.6 Å². The molecule has 2 rings (SSSR count). The molecular formula is C14H12ClF2N. The maximum absolute atomic E-state index is 13.8. The van der Waals surface area contributed by atoms with Crippen LogP contribution in [-0.2, 0) is 5.54 Å². The molecule has 0 saturated heterocycles. The standard InChI is InChI=1S/C14H12ClF2N/c1-14(18,9-2-4-10(15)5-3-9)12-7-6-11(16)8-13(12)17/h2-8H,18H2,1H3. The van der Waals surface area contributed by atoms with Gasteiger partial charge in [0.15, 0.2) is 0 Å². The van der Waals surface area contributed by atoms with Crippen molar-refractivity contribution in [3.8, 4) is 0 Å². The van der Waals surface area contributed by atoms with E-state index in [9.17, 15) is 8.78 Å². The van der Waals surface area contributed by atoms with Gasteiger partial charge in [0.2, 0.25) is 0 Å². The summed E-state index contributed by atoms with van der Waals surface area (Å²) in [5.74, 6) is -1.28. The van der Waals surface area contributed by atoms with Gasteiger partial charge in [0.25, 0.3) is 0 Å². The van der Waals surface area contributed by atoms with Crippen LogP contribution in [0.1, 0.15) is 18.1 Å². The largest absolute Gasteiger partial charge is 0.318 e. The predicted molar refractivity (Wildman–Crippen MR) is 68.5 cm³/mol. The predicted octanol–water partition coefficient (Wildman–Crippen LogP) is 3.84. The van der Waals surface area contributed by atoms with E-state index in [2.05, 4.69) is 0 Å². The molecule has 1 unspecified atom stereocenters. The van der Waals surface area contributed by atoms with Gasteiger partial charge in [-0.1, -0.05) is 29.8 Å². The van der Waals surface area contributed by atoms with Gasteiger partial charge in [-0.2, -0.15) is 0 Å². The molecule has 18 heavy (non-hydrogen) atoms. The van der Waals surface area contributed by atoms with E-state index in [1.54, 1.807) is 31.2 Å². The fraction of sp³-hybridized carbons (Fsp3) is 0.143. The molecule has 0 radical (unpaired) electrons. The van der Waals surface area contributed by atoms with Crippen LogP contribution in [0.3, 0.4) is 0 Å². The average molecular weight is 268 g/mol. The highest BCUT2D eigenvalue weighted by Crippen LogP contribution is 2.29. The van der Waals surface area contributed by atoms with Crippen LogP contribution >= 0.6 is 11.6 Å². The van der Waals surface area contributed by atoms with E-state index in [0.29, 0.717) is 10.6 Å². The lowest BCUT2D eigenvalue weighted by Gasteiger charge is -2.26. The monoisotopic (exact) mass is 267 g/mol. The lowest BCUT2D eigenvalue weighted by molar-refractivity contribution is 0.517. The Morgan fingerprint density at radius 1 is 1.06 bits per heavy atom. The van der Waals surface area contributed by atoms with Gasteiger partial charge in [0, 0.05) is 16.7 Å². The molecule has 0 heterocycles. The molecule has 2 aromatic rings. The summed E-state index contributed by atoms with van der Waals surface area (Å²) in [6.07, 6.45) is 0. The minimum Gasteiger partial charge on any atom is -0.318 e. The fourth-order valence-electron chi connectivity index (χ4n) is 1.86. The van der Waals surface area contributed by atoms with Crippen molar-refractivity contribution in [2.24, 2.45) is 5.73 Å². The molecule has 1 nitrogen and oxygen atoms in total. The van der Waals surface area contributed by atoms with Crippen molar-refractivity contribution in [3.05, 3.63) is 70.2 Å². The van der Waals surface area contributed by atoms with E-state index >= 15 is 0 Å². The molecule has 0 aliphatic carbocycles. The number of hydrogen-bond donors (Lipinski definition) is 1. The van der Waals surface area contributed by atoms with Crippen LogP contribution in [0.5, 0.6) is 0 Å². The first-order valence-electron chi connectivity index (χ1n) is 5.42. The van der Waals surface area contributed by atoms with Gasteiger partial charge in [-0.25, -0.2) is 8.78 Å². The molecule has 94 valence electrons. The third-order valence-electron chi connectivity index (χ3n) is 2.93. The van der Waals surface area contributed by atoms with Crippen LogP contribution < -0.4 is 5.73 Å². The molecule has 0 aromatic heterocycles. The minimum absolute atomic E-state index is 0.242. The Bertz CT molecular complexity index is 565. The summed E-state index contributed by atoms with van der Waals surface area (Å²) in [6.45, 7) is 1.67. The summed E-state index contributed by atoms with van der Waals surface area (Å²) in [6, 6.07) is 10.2. The van der Waals surface area contributed by atoms with Crippen LogP contribution in [0.4, 0.5) is 8.78 Å². The number of nitrogens with two attached hydrogens (primary N) is 1. The van der Waals surface area contributed by atoms with E-state index in [0.717, 1.165) is 6.07 Å². The van der Waals surface area contributed by atoms with Crippen LogP contribution in [0.25, 0.3) is 0 Å². The first-order chi connectivity index (χ1) is 8.41. The van der Waals surface area contributed by atoms with Gasteiger partial charge in [0.1, 0.15) is 11.6 Å². The molecule has 0 aliphatic rings. The van der Waals surface area contributed by atoms with Gasteiger partial charge < -0.3 is 5.73 Å². The second kappa shape index (κ2) is 4.67. The highest BCUT2D eigenvalue weighted by Gasteiger charge is 2.27. The van der Waals surface area contributed by atoms with Crippen LogP contribution in [-0.4, -0.2) is 0 Å². The van der Waals surface area contributed by atoms with Gasteiger partial charge in [-0.05, 0) is 30.7 Å². The van der Waals surface area contributed by atoms with Crippen molar-refractivity contribution >= 4 is 11.6 Å². The van der Waals surface area contributed by atoms with Gasteiger partial charge in [-0.15, -0.1) is 0 Å². The Labute approximate surface area is 109 Å². The second-order valence-corrected chi connectivity index (χ2v) is 4.77. The summed E-state index contributed by atoms with van der Waals surface area (Å²) in [5, 5.41) is 0.578. The quantitative estimate of drug-likeness (QED) is 0.879. The van der Waals surface area contributed by atoms with E-state index in [4.69, 9.17) is 17.3 Å². The summed E-state index contributed by atoms with van der Waals surface area (Å²) < 4.78 is 26.7. The smallest absolute Gasteiger partial charge is 0.131 e. The minimum atomic E-state index is -1.04. The number of benzene rings is 2. The van der Waals surface area contributed by atoms with Crippen molar-refractivity contribution in [1.29, 1.82) is 0 Å². The number of hydrogen-bond acceptors (Lipinski definition) is 1. The normalized spacial score (nSPS) is 14.3. The van der Waals surface area contributed by atoms with E-state index in [-0.39, 0.29) is 5.56 Å². The molecule has 1 atom stereocenters. The molecule has 0 spiro atoms. The van der Waals surface area contributed by atoms with E-state index < -0.39 is 17.2 Å². The molecule has 2 aromatic carbocycles. The molecule has 2 N–H and O–H groups in total. The summed E-state index contributed by atoms with van der Waals surface area (Å²) >= 11 is 5.80. The Morgan fingerprint density at radius 2 is 1.67 bits per heavy atom. The zero-order chi connectivity index (χ0) is 13.3. The maximum atomic E-state index is 13.8. The Kier molecular flexibility index (Phi) is 3.37. The van der Waals surface area contributed by atoms with Crippen LogP contribution in [0.2, 0.25) is 5.02 Å². The Hall–Kier alpha value is -1.45. The first kappa shape index (κ1) is 13.0. The summed E-state index contributed by atoms with van der Waals surface area (Å²) in [4.78, 5) is 0. The molecular weight excluding hydrogens is 256 g/mol. The topological polar surface area (TPSA) is 26.0 Å². The van der Waals surface area contributed by atoms with Crippen molar-refractivity contribution in [1.82, 2.24) is 0 Å². The van der Waals surface area contributed by atoms with Crippen molar-refractivity contribution in [3.63, 3.8) is 0 Å². The summed E-state index contributed by atoms with van der Waals surface area (Å²) in [7, 11) is 0. The van der Waals surface area contributed by atoms with E-state index in [1.807, 2.05) is 0 Å². The molecule has 4 heteroatoms. The molecule has 0 fully saturated rings. The average Bonchev–Trinajstić information content (AvgIpc) is 2.29. The number of halogens is 3. The lowest BCUT2D eigenvalue weighted by Crippen LogP contribution is -2.35. The molecule has 0 saturated carbocycles. The summed E-state index contributed by atoms with van der Waals surface area (Å²) in [5.41, 5.74) is 6.06. The Morgan fingerprint density at radius 3 is 2.22 bits per heavy atom. The third-order valence-corrected chi connectivity index (χ3v) is 3.19. The molecule has 0 amide bonds. The zero-order valence-corrected chi connectivity index (χ0v) is 10.5. The zero-order valence-electron chi connectivity index (χ0n) is 9.75. The Balaban J connectivity index is 2.50. The van der Waals surface area contributed by atoms with Gasteiger partial charge in [-0.3, -0.25) is 0 Å². The van der Waals surface area contributed by atoms with Crippen LogP contribution in [0.15, 0.2) is 42.5 Å². The van der Waals surface area contributed by atoms with Crippen molar-refractivity contribution in [2.45, 2.75) is 12.5 Å². The SMILES string of the molecule is CC(N)(c1ccc(Cl)cc1)c1ccc(F)cc1F. The van der Waals surface area contributed by atoms with Crippen molar-refractivity contribution in [2.75, 3.05) is 0 Å². The van der Waals surface area contributed by atoms with Gasteiger partial charge in [0.05, 0.1) is 5.54 Å².